The Morgan fingerprint density at radius 2 is 0.933 bits per heavy atom. The van der Waals surface area contributed by atoms with Crippen LogP contribution in [0.2, 0.25) is 0 Å². The van der Waals surface area contributed by atoms with Gasteiger partial charge in [-0.05, 0) is 0 Å². The molecule has 0 aliphatic carbocycles. The van der Waals surface area contributed by atoms with E-state index in [-0.39, 0.29) is 0 Å². The molecule has 17 N–H and O–H groups in total. The van der Waals surface area contributed by atoms with Gasteiger partial charge in [-0.3, -0.25) is 4.79 Å². The highest BCUT2D eigenvalue weighted by Crippen LogP contribution is 2.46. The van der Waals surface area contributed by atoms with Crippen LogP contribution >= 0.6 is 0 Å². The zero-order valence-corrected chi connectivity index (χ0v) is 23.4. The highest BCUT2D eigenvalue weighted by Gasteiger charge is 2.75. The molecular formula is C24H42O21. The van der Waals surface area contributed by atoms with Crippen molar-refractivity contribution in [3.05, 3.63) is 0 Å². The molecule has 3 aliphatic heterocycles. The number of ketones is 1. The lowest BCUT2D eigenvalue weighted by Gasteiger charge is -2.58. The predicted molar refractivity (Wildman–Crippen MR) is 135 cm³/mol. The normalized spacial score (nSPS) is 46.9. The topological polar surface area (TPSA) is 389 Å². The Morgan fingerprint density at radius 3 is 1.36 bits per heavy atom. The molecule has 45 heavy (non-hydrogen) atoms. The average molecular weight is 667 g/mol. The lowest BCUT2D eigenvalue weighted by atomic mass is 9.62. The molecule has 3 heterocycles. The fourth-order valence-electron chi connectivity index (χ4n) is 6.02. The summed E-state index contributed by atoms with van der Waals surface area (Å²) < 4.78 is 15.7. The van der Waals surface area contributed by atoms with Gasteiger partial charge in [-0.2, -0.15) is 0 Å². The number of carbonyl (C=O) groups excluding carboxylic acids is 1. The summed E-state index contributed by atoms with van der Waals surface area (Å²) >= 11 is 0. The minimum Gasteiger partial charge on any atom is -0.394 e. The number of aliphatic hydroxyl groups excluding tert-OH is 15. The maximum absolute atomic E-state index is 14.4. The van der Waals surface area contributed by atoms with Gasteiger partial charge in [0.15, 0.2) is 11.2 Å². The van der Waals surface area contributed by atoms with E-state index in [2.05, 4.69) is 0 Å². The Bertz CT molecular complexity index is 985. The minimum absolute atomic E-state index is 1.14. The molecule has 0 aromatic carbocycles. The predicted octanol–water partition coefficient (Wildman–Crippen LogP) is -11.7. The first-order valence-corrected chi connectivity index (χ1v) is 13.8. The number of ether oxygens (including phenoxy) is 3. The van der Waals surface area contributed by atoms with Gasteiger partial charge in [-0.1, -0.05) is 0 Å². The van der Waals surface area contributed by atoms with E-state index < -0.39 is 147 Å². The van der Waals surface area contributed by atoms with Crippen molar-refractivity contribution in [1.82, 2.24) is 0 Å². The molecule has 3 rings (SSSR count). The number of rotatable bonds is 11. The quantitative estimate of drug-likeness (QED) is 0.0972. The number of hydrogen-bond acceptors (Lipinski definition) is 21. The second-order valence-corrected chi connectivity index (χ2v) is 11.4. The van der Waals surface area contributed by atoms with Crippen LogP contribution < -0.4 is 0 Å². The van der Waals surface area contributed by atoms with Crippen molar-refractivity contribution in [2.24, 2.45) is 0 Å². The van der Waals surface area contributed by atoms with Gasteiger partial charge in [0.25, 0.3) is 0 Å². The fourth-order valence-corrected chi connectivity index (χ4v) is 6.02. The van der Waals surface area contributed by atoms with Crippen molar-refractivity contribution < 1.29 is 106 Å². The van der Waals surface area contributed by atoms with Crippen molar-refractivity contribution >= 4 is 5.78 Å². The summed E-state index contributed by atoms with van der Waals surface area (Å²) in [5.74, 6) is -2.16. The van der Waals surface area contributed by atoms with Gasteiger partial charge in [0, 0.05) is 0 Å². The molecule has 19 atom stereocenters. The van der Waals surface area contributed by atoms with E-state index in [1.54, 1.807) is 0 Å². The Morgan fingerprint density at radius 1 is 0.556 bits per heavy atom. The molecular weight excluding hydrogens is 624 g/mol. The van der Waals surface area contributed by atoms with Crippen LogP contribution in [0, 0.1) is 0 Å². The van der Waals surface area contributed by atoms with E-state index in [0.717, 1.165) is 0 Å². The van der Waals surface area contributed by atoms with Crippen molar-refractivity contribution in [3.8, 4) is 0 Å². The third-order valence-electron chi connectivity index (χ3n) is 8.77. The molecule has 0 aromatic heterocycles. The SMILES string of the molecule is O=C(C1O[C@H](CO)[C@H](O)[C@H](O)[C@H]1O)[C@@](O)(C1O[C@H](CO)[C@@H](O)[C@@H](O)[C@@H]1O)[C@@](O)(C1O[C@H](CO)[C@@H](O)[C@@H](O)[C@H]1O)[C@@H](O)[C@H](O)CO. The van der Waals surface area contributed by atoms with Crippen molar-refractivity contribution in [2.75, 3.05) is 26.4 Å². The molecule has 3 saturated heterocycles. The molecule has 3 aliphatic rings. The molecule has 0 aromatic rings. The molecule has 0 bridgehead atoms. The van der Waals surface area contributed by atoms with E-state index in [1.807, 2.05) is 0 Å². The van der Waals surface area contributed by atoms with Crippen LogP contribution in [0.1, 0.15) is 0 Å². The summed E-state index contributed by atoms with van der Waals surface area (Å²) in [4.78, 5) is 14.4. The average Bonchev–Trinajstić information content (AvgIpc) is 3.03. The van der Waals surface area contributed by atoms with Crippen LogP contribution in [0.3, 0.4) is 0 Å². The van der Waals surface area contributed by atoms with Crippen LogP contribution in [0.25, 0.3) is 0 Å². The Balaban J connectivity index is 2.38. The summed E-state index contributed by atoms with van der Waals surface area (Å²) in [6.45, 7) is -5.04. The molecule has 3 fully saturated rings. The largest absolute Gasteiger partial charge is 0.394 e. The van der Waals surface area contributed by atoms with Crippen LogP contribution in [0.4, 0.5) is 0 Å². The smallest absolute Gasteiger partial charge is 0.201 e. The van der Waals surface area contributed by atoms with Gasteiger partial charge in [0.05, 0.1) is 26.4 Å². The second kappa shape index (κ2) is 14.6. The van der Waals surface area contributed by atoms with Gasteiger partial charge < -0.3 is 101 Å². The van der Waals surface area contributed by atoms with E-state index in [4.69, 9.17) is 14.2 Å². The van der Waals surface area contributed by atoms with Gasteiger partial charge >= 0.3 is 0 Å². The third kappa shape index (κ3) is 6.15. The van der Waals surface area contributed by atoms with E-state index in [1.165, 1.54) is 0 Å². The Kier molecular flexibility index (Phi) is 12.4. The van der Waals surface area contributed by atoms with E-state index in [0.29, 0.717) is 0 Å². The summed E-state index contributed by atoms with van der Waals surface area (Å²) in [6.07, 6.45) is -41.7. The minimum atomic E-state index is -4.28. The Labute approximate surface area is 253 Å². The van der Waals surface area contributed by atoms with Crippen LogP contribution in [0.15, 0.2) is 0 Å². The Hall–Kier alpha value is -1.13. The molecule has 0 amide bonds. The number of aliphatic hydroxyl groups is 17. The molecule has 264 valence electrons. The van der Waals surface area contributed by atoms with Crippen molar-refractivity contribution in [1.29, 1.82) is 0 Å². The first-order chi connectivity index (χ1) is 20.9. The van der Waals surface area contributed by atoms with Gasteiger partial charge in [0.2, 0.25) is 5.78 Å². The number of Topliss-reactive ketones (excluding diaryl/α,β-unsaturated/α-hetero) is 1. The van der Waals surface area contributed by atoms with E-state index >= 15 is 0 Å². The maximum Gasteiger partial charge on any atom is 0.201 e. The molecule has 0 spiro atoms. The van der Waals surface area contributed by atoms with Gasteiger partial charge in [0.1, 0.15) is 104 Å². The first kappa shape index (κ1) is 38.3. The van der Waals surface area contributed by atoms with E-state index in [9.17, 15) is 91.6 Å². The lowest BCUT2D eigenvalue weighted by Crippen LogP contribution is -2.85. The highest BCUT2D eigenvalue weighted by molar-refractivity contribution is 5.94. The fraction of sp³-hybridized carbons (Fsp3) is 0.958. The first-order valence-electron chi connectivity index (χ1n) is 13.8. The van der Waals surface area contributed by atoms with Crippen molar-refractivity contribution in [3.63, 3.8) is 0 Å². The summed E-state index contributed by atoms with van der Waals surface area (Å²) in [6, 6.07) is 0. The third-order valence-corrected chi connectivity index (χ3v) is 8.77. The molecule has 21 heteroatoms. The van der Waals surface area contributed by atoms with Crippen LogP contribution in [-0.4, -0.2) is 234 Å². The molecule has 21 nitrogen and oxygen atoms in total. The number of carbonyl (C=O) groups is 1. The summed E-state index contributed by atoms with van der Waals surface area (Å²) in [5.41, 5.74) is -8.44. The standard InChI is InChI=1S/C24H42O21/c25-1-5(29)19(39)23(41,21-16(37)13(34)10(31)7(3-27)44-21)24(42,22-17(38)14(35)11(32)8(4-28)45-22)20(40)18-15(36)12(33)9(30)6(2-26)43-18/h5-19,21-22,25-39,41-42H,1-4H2/t5-,6-,7-,8-,9+,10-,11-,12+,13-,14-,15-,16-,17+,18?,19+,21?,22?,23+,24-/m1/s1. The van der Waals surface area contributed by atoms with Gasteiger partial charge in [-0.25, -0.2) is 0 Å². The molecule has 3 unspecified atom stereocenters. The monoisotopic (exact) mass is 666 g/mol. The summed E-state index contributed by atoms with van der Waals surface area (Å²) in [5, 5.41) is 180. The van der Waals surface area contributed by atoms with Gasteiger partial charge in [-0.15, -0.1) is 0 Å². The molecule has 0 radical (unpaired) electrons. The zero-order chi connectivity index (χ0) is 34.3. The second-order valence-electron chi connectivity index (χ2n) is 11.4. The summed E-state index contributed by atoms with van der Waals surface area (Å²) in [7, 11) is 0. The van der Waals surface area contributed by atoms with Crippen LogP contribution in [-0.2, 0) is 19.0 Å². The highest BCUT2D eigenvalue weighted by atomic mass is 16.6. The number of hydrogen-bond donors (Lipinski definition) is 17. The van der Waals surface area contributed by atoms with Crippen molar-refractivity contribution in [2.45, 2.75) is 115 Å². The maximum atomic E-state index is 14.4. The zero-order valence-electron chi connectivity index (χ0n) is 23.4. The molecule has 0 saturated carbocycles. The van der Waals surface area contributed by atoms with Crippen LogP contribution in [0.5, 0.6) is 0 Å². The lowest BCUT2D eigenvalue weighted by molar-refractivity contribution is -0.356.